The number of hydrogen-bond acceptors (Lipinski definition) is 2. The van der Waals surface area contributed by atoms with Gasteiger partial charge in [-0.2, -0.15) is 0 Å². The summed E-state index contributed by atoms with van der Waals surface area (Å²) in [4.78, 5) is 11.9. The Labute approximate surface area is 100 Å². The molecular weight excluding hydrogens is 200 g/mol. The van der Waals surface area contributed by atoms with Crippen LogP contribution in [-0.4, -0.2) is 17.5 Å². The van der Waals surface area contributed by atoms with E-state index in [0.717, 1.165) is 6.42 Å². The Bertz CT molecular complexity index is 239. The Balaban J connectivity index is 4.42. The lowest BCUT2D eigenvalue weighted by molar-refractivity contribution is -0.126. The molecule has 0 aliphatic rings. The van der Waals surface area contributed by atoms with Gasteiger partial charge in [0.25, 0.3) is 0 Å². The van der Waals surface area contributed by atoms with Crippen LogP contribution in [0.3, 0.4) is 0 Å². The third-order valence-corrected chi connectivity index (χ3v) is 2.64. The molecule has 0 aromatic rings. The van der Waals surface area contributed by atoms with Crippen molar-refractivity contribution in [1.29, 1.82) is 0 Å². The molecule has 96 valence electrons. The number of nitrogens with two attached hydrogens (primary N) is 1. The summed E-state index contributed by atoms with van der Waals surface area (Å²) in [6, 6.07) is -0.106. The summed E-state index contributed by atoms with van der Waals surface area (Å²) >= 11 is 0. The Morgan fingerprint density at radius 2 is 1.62 bits per heavy atom. The highest BCUT2D eigenvalue weighted by Gasteiger charge is 2.29. The fourth-order valence-corrected chi connectivity index (χ4v) is 2.06. The van der Waals surface area contributed by atoms with Crippen LogP contribution in [0.25, 0.3) is 0 Å². The minimum atomic E-state index is -0.182. The van der Waals surface area contributed by atoms with E-state index in [9.17, 15) is 4.79 Å². The van der Waals surface area contributed by atoms with Crippen molar-refractivity contribution in [3.63, 3.8) is 0 Å². The Morgan fingerprint density at radius 1 is 1.19 bits per heavy atom. The quantitative estimate of drug-likeness (QED) is 0.775. The molecular formula is C13H28N2O. The maximum absolute atomic E-state index is 11.9. The zero-order valence-electron chi connectivity index (χ0n) is 11.8. The molecule has 0 aliphatic heterocycles. The summed E-state index contributed by atoms with van der Waals surface area (Å²) in [6.07, 6.45) is 0.942. The summed E-state index contributed by atoms with van der Waals surface area (Å²) in [6.45, 7) is 14.4. The molecule has 0 aromatic carbocycles. The second kappa shape index (κ2) is 5.17. The first-order chi connectivity index (χ1) is 6.94. The summed E-state index contributed by atoms with van der Waals surface area (Å²) in [5, 5.41) is 3.07. The Kier molecular flexibility index (Phi) is 4.99. The highest BCUT2D eigenvalue weighted by molar-refractivity contribution is 5.79. The zero-order valence-corrected chi connectivity index (χ0v) is 11.8. The molecule has 0 bridgehead atoms. The minimum absolute atomic E-state index is 0.0456. The first-order valence-corrected chi connectivity index (χ1v) is 6.02. The van der Waals surface area contributed by atoms with Crippen LogP contribution >= 0.6 is 0 Å². The smallest absolute Gasteiger partial charge is 0.224 e. The first kappa shape index (κ1) is 15.4. The van der Waals surface area contributed by atoms with Crippen LogP contribution < -0.4 is 11.1 Å². The number of hydrogen-bond donors (Lipinski definition) is 2. The van der Waals surface area contributed by atoms with Gasteiger partial charge in [-0.05, 0) is 32.6 Å². The van der Waals surface area contributed by atoms with Gasteiger partial charge < -0.3 is 11.1 Å². The average molecular weight is 228 g/mol. The van der Waals surface area contributed by atoms with E-state index in [1.54, 1.807) is 0 Å². The summed E-state index contributed by atoms with van der Waals surface area (Å²) < 4.78 is 0. The maximum Gasteiger partial charge on any atom is 0.224 e. The summed E-state index contributed by atoms with van der Waals surface area (Å²) in [5.74, 6) is -0.0940. The normalized spacial score (nSPS) is 16.8. The van der Waals surface area contributed by atoms with Gasteiger partial charge in [-0.15, -0.1) is 0 Å². The van der Waals surface area contributed by atoms with Crippen LogP contribution in [0.2, 0.25) is 0 Å². The summed E-state index contributed by atoms with van der Waals surface area (Å²) in [5.41, 5.74) is 5.74. The standard InChI is InChI=1S/C13H28N2O/c1-9(10(2)14)11(16)15-13(6,7)8-12(3,4)5/h9-10H,8,14H2,1-7H3,(H,15,16). The van der Waals surface area contributed by atoms with Crippen molar-refractivity contribution in [3.05, 3.63) is 0 Å². The monoisotopic (exact) mass is 228 g/mol. The second-order valence-corrected chi connectivity index (χ2v) is 6.76. The Hall–Kier alpha value is -0.570. The van der Waals surface area contributed by atoms with E-state index in [1.165, 1.54) is 0 Å². The van der Waals surface area contributed by atoms with E-state index in [0.29, 0.717) is 0 Å². The first-order valence-electron chi connectivity index (χ1n) is 6.02. The van der Waals surface area contributed by atoms with Gasteiger partial charge in [0.15, 0.2) is 0 Å². The third-order valence-electron chi connectivity index (χ3n) is 2.64. The van der Waals surface area contributed by atoms with Gasteiger partial charge in [-0.3, -0.25) is 4.79 Å². The number of nitrogens with one attached hydrogen (secondary N) is 1. The van der Waals surface area contributed by atoms with Gasteiger partial charge >= 0.3 is 0 Å². The molecule has 3 heteroatoms. The van der Waals surface area contributed by atoms with Crippen LogP contribution in [0.15, 0.2) is 0 Å². The zero-order chi connectivity index (χ0) is 13.1. The predicted octanol–water partition coefficient (Wildman–Crippen LogP) is 2.30. The van der Waals surface area contributed by atoms with Crippen LogP contribution in [0.1, 0.15) is 54.9 Å². The van der Waals surface area contributed by atoms with Crippen LogP contribution in [0.5, 0.6) is 0 Å². The lowest BCUT2D eigenvalue weighted by atomic mass is 9.81. The van der Waals surface area contributed by atoms with E-state index >= 15 is 0 Å². The fraction of sp³-hybridized carbons (Fsp3) is 0.923. The van der Waals surface area contributed by atoms with E-state index in [-0.39, 0.29) is 28.8 Å². The third kappa shape index (κ3) is 6.11. The lowest BCUT2D eigenvalue weighted by Gasteiger charge is -2.34. The Morgan fingerprint density at radius 3 is 1.94 bits per heavy atom. The van der Waals surface area contributed by atoms with Crippen molar-refractivity contribution in [2.24, 2.45) is 17.1 Å². The molecule has 16 heavy (non-hydrogen) atoms. The molecule has 0 aliphatic carbocycles. The van der Waals surface area contributed by atoms with Gasteiger partial charge in [-0.1, -0.05) is 27.7 Å². The minimum Gasteiger partial charge on any atom is -0.351 e. The van der Waals surface area contributed by atoms with Crippen LogP contribution in [0, 0.1) is 11.3 Å². The second-order valence-electron chi connectivity index (χ2n) is 6.76. The number of amides is 1. The largest absolute Gasteiger partial charge is 0.351 e. The van der Waals surface area contributed by atoms with E-state index in [1.807, 2.05) is 13.8 Å². The lowest BCUT2D eigenvalue weighted by Crippen LogP contribution is -2.50. The van der Waals surface area contributed by atoms with Gasteiger partial charge in [0.1, 0.15) is 0 Å². The predicted molar refractivity (Wildman–Crippen MR) is 69.1 cm³/mol. The number of carbonyl (C=O) groups is 1. The molecule has 3 N–H and O–H groups in total. The van der Waals surface area contributed by atoms with Gasteiger partial charge in [0.2, 0.25) is 5.91 Å². The fourth-order valence-electron chi connectivity index (χ4n) is 2.06. The highest BCUT2D eigenvalue weighted by Crippen LogP contribution is 2.27. The maximum atomic E-state index is 11.9. The van der Waals surface area contributed by atoms with Crippen molar-refractivity contribution in [1.82, 2.24) is 5.32 Å². The van der Waals surface area contributed by atoms with Crippen molar-refractivity contribution >= 4 is 5.91 Å². The van der Waals surface area contributed by atoms with E-state index in [4.69, 9.17) is 5.73 Å². The van der Waals surface area contributed by atoms with Gasteiger partial charge in [0.05, 0.1) is 0 Å². The number of rotatable bonds is 4. The molecule has 0 rings (SSSR count). The topological polar surface area (TPSA) is 55.1 Å². The van der Waals surface area contributed by atoms with Crippen molar-refractivity contribution in [2.75, 3.05) is 0 Å². The van der Waals surface area contributed by atoms with E-state index in [2.05, 4.69) is 39.9 Å². The molecule has 1 amide bonds. The average Bonchev–Trinajstić information content (AvgIpc) is 1.96. The molecule has 2 atom stereocenters. The number of carbonyl (C=O) groups excluding carboxylic acids is 1. The molecule has 0 saturated carbocycles. The molecule has 0 saturated heterocycles. The van der Waals surface area contributed by atoms with Crippen molar-refractivity contribution < 1.29 is 4.79 Å². The highest BCUT2D eigenvalue weighted by atomic mass is 16.2. The van der Waals surface area contributed by atoms with Crippen LogP contribution in [0.4, 0.5) is 0 Å². The molecule has 0 aromatic heterocycles. The van der Waals surface area contributed by atoms with Gasteiger partial charge in [-0.25, -0.2) is 0 Å². The van der Waals surface area contributed by atoms with Crippen LogP contribution in [-0.2, 0) is 4.79 Å². The van der Waals surface area contributed by atoms with Crippen molar-refractivity contribution in [3.8, 4) is 0 Å². The molecule has 0 heterocycles. The molecule has 3 nitrogen and oxygen atoms in total. The molecule has 0 spiro atoms. The van der Waals surface area contributed by atoms with Gasteiger partial charge in [0, 0.05) is 17.5 Å². The SMILES string of the molecule is CC(N)C(C)C(=O)NC(C)(C)CC(C)(C)C. The molecule has 2 unspecified atom stereocenters. The summed E-state index contributed by atoms with van der Waals surface area (Å²) in [7, 11) is 0. The molecule has 0 radical (unpaired) electrons. The van der Waals surface area contributed by atoms with Crippen molar-refractivity contribution in [2.45, 2.75) is 66.5 Å². The van der Waals surface area contributed by atoms with E-state index < -0.39 is 0 Å². The molecule has 0 fully saturated rings.